The number of hydrogen-bond acceptors (Lipinski definition) is 2. The third-order valence-corrected chi connectivity index (χ3v) is 5.98. The van der Waals surface area contributed by atoms with Crippen LogP contribution in [0.2, 0.25) is 0 Å². The molecule has 0 aliphatic carbocycles. The van der Waals surface area contributed by atoms with Gasteiger partial charge in [-0.25, -0.2) is 12.8 Å². The zero-order chi connectivity index (χ0) is 15.6. The van der Waals surface area contributed by atoms with E-state index in [2.05, 4.69) is 0 Å². The Hall–Kier alpha value is -1.72. The average molecular weight is 319 g/mol. The SMILES string of the molecule is O=S(=O)(c1ccc(F)cc1)N1CCCCC1c1ccccc1. The summed E-state index contributed by atoms with van der Waals surface area (Å²) >= 11 is 0. The lowest BCUT2D eigenvalue weighted by molar-refractivity contribution is 0.256. The van der Waals surface area contributed by atoms with Crippen LogP contribution < -0.4 is 0 Å². The summed E-state index contributed by atoms with van der Waals surface area (Å²) in [5, 5.41) is 0. The highest BCUT2D eigenvalue weighted by molar-refractivity contribution is 7.89. The second kappa shape index (κ2) is 6.18. The Morgan fingerprint density at radius 1 is 0.955 bits per heavy atom. The van der Waals surface area contributed by atoms with Crippen LogP contribution in [-0.2, 0) is 10.0 Å². The van der Waals surface area contributed by atoms with E-state index >= 15 is 0 Å². The topological polar surface area (TPSA) is 37.4 Å². The van der Waals surface area contributed by atoms with Crippen molar-refractivity contribution >= 4 is 10.0 Å². The zero-order valence-corrected chi connectivity index (χ0v) is 13.0. The summed E-state index contributed by atoms with van der Waals surface area (Å²) in [5.74, 6) is -0.433. The van der Waals surface area contributed by atoms with E-state index in [9.17, 15) is 12.8 Å². The second-order valence-corrected chi connectivity index (χ2v) is 7.38. The molecule has 0 saturated carbocycles. The maximum Gasteiger partial charge on any atom is 0.243 e. The van der Waals surface area contributed by atoms with Crippen molar-refractivity contribution in [3.63, 3.8) is 0 Å². The van der Waals surface area contributed by atoms with E-state index in [-0.39, 0.29) is 10.9 Å². The number of nitrogens with zero attached hydrogens (tertiary/aromatic N) is 1. The van der Waals surface area contributed by atoms with Crippen molar-refractivity contribution in [2.24, 2.45) is 0 Å². The average Bonchev–Trinajstić information content (AvgIpc) is 2.56. The summed E-state index contributed by atoms with van der Waals surface area (Å²) in [6.07, 6.45) is 2.67. The van der Waals surface area contributed by atoms with Gasteiger partial charge in [-0.1, -0.05) is 36.8 Å². The van der Waals surface area contributed by atoms with Gasteiger partial charge in [0, 0.05) is 6.54 Å². The molecule has 1 fully saturated rings. The molecule has 1 heterocycles. The van der Waals surface area contributed by atoms with E-state index in [0.717, 1.165) is 24.8 Å². The molecule has 5 heteroatoms. The zero-order valence-electron chi connectivity index (χ0n) is 12.2. The van der Waals surface area contributed by atoms with Crippen LogP contribution in [-0.4, -0.2) is 19.3 Å². The minimum Gasteiger partial charge on any atom is -0.207 e. The normalized spacial score (nSPS) is 20.0. The van der Waals surface area contributed by atoms with Crippen molar-refractivity contribution in [2.45, 2.75) is 30.2 Å². The van der Waals surface area contributed by atoms with Crippen molar-refractivity contribution in [3.8, 4) is 0 Å². The summed E-state index contributed by atoms with van der Waals surface area (Å²) in [5.41, 5.74) is 1.01. The van der Waals surface area contributed by atoms with Gasteiger partial charge in [0.15, 0.2) is 0 Å². The minimum absolute atomic E-state index is 0.148. The van der Waals surface area contributed by atoms with Crippen LogP contribution in [0.4, 0.5) is 4.39 Å². The van der Waals surface area contributed by atoms with Crippen molar-refractivity contribution in [3.05, 3.63) is 66.0 Å². The first kappa shape index (κ1) is 15.2. The van der Waals surface area contributed by atoms with Crippen molar-refractivity contribution in [2.75, 3.05) is 6.54 Å². The number of piperidine rings is 1. The Kier molecular flexibility index (Phi) is 4.27. The number of benzene rings is 2. The quantitative estimate of drug-likeness (QED) is 0.864. The fourth-order valence-corrected chi connectivity index (χ4v) is 4.63. The number of hydrogen-bond donors (Lipinski definition) is 0. The smallest absolute Gasteiger partial charge is 0.207 e. The van der Waals surface area contributed by atoms with E-state index in [0.29, 0.717) is 6.54 Å². The first-order valence-corrected chi connectivity index (χ1v) is 8.85. The van der Waals surface area contributed by atoms with Crippen LogP contribution in [0.1, 0.15) is 30.9 Å². The van der Waals surface area contributed by atoms with Gasteiger partial charge in [0.1, 0.15) is 5.82 Å². The molecule has 3 rings (SSSR count). The van der Waals surface area contributed by atoms with Gasteiger partial charge < -0.3 is 0 Å². The maximum atomic E-state index is 13.1. The Labute approximate surface area is 130 Å². The molecular formula is C17H18FNO2S. The monoisotopic (exact) mass is 319 g/mol. The van der Waals surface area contributed by atoms with Crippen LogP contribution >= 0.6 is 0 Å². The van der Waals surface area contributed by atoms with E-state index in [1.807, 2.05) is 30.3 Å². The number of sulfonamides is 1. The molecule has 3 nitrogen and oxygen atoms in total. The van der Waals surface area contributed by atoms with Crippen molar-refractivity contribution in [1.82, 2.24) is 4.31 Å². The predicted octanol–water partition coefficient (Wildman–Crippen LogP) is 3.74. The standard InChI is InChI=1S/C17H18FNO2S/c18-15-9-11-16(12-10-15)22(20,21)19-13-5-4-8-17(19)14-6-2-1-3-7-14/h1-3,6-7,9-12,17H,4-5,8,13H2. The molecule has 116 valence electrons. The first-order valence-electron chi connectivity index (χ1n) is 7.41. The fourth-order valence-electron chi connectivity index (χ4n) is 2.94. The highest BCUT2D eigenvalue weighted by atomic mass is 32.2. The van der Waals surface area contributed by atoms with Crippen molar-refractivity contribution in [1.29, 1.82) is 0 Å². The first-order chi connectivity index (χ1) is 10.6. The highest BCUT2D eigenvalue weighted by Gasteiger charge is 2.34. The van der Waals surface area contributed by atoms with E-state index in [1.54, 1.807) is 4.31 Å². The molecule has 0 N–H and O–H groups in total. The van der Waals surface area contributed by atoms with Crippen LogP contribution in [0, 0.1) is 5.82 Å². The Bertz CT molecular complexity index is 729. The van der Waals surface area contributed by atoms with Gasteiger partial charge in [-0.05, 0) is 42.7 Å². The van der Waals surface area contributed by atoms with Crippen LogP contribution in [0.3, 0.4) is 0 Å². The molecule has 0 spiro atoms. The van der Waals surface area contributed by atoms with Gasteiger partial charge in [-0.3, -0.25) is 0 Å². The third kappa shape index (κ3) is 2.91. The summed E-state index contributed by atoms with van der Waals surface area (Å²) in [6, 6.07) is 14.6. The third-order valence-electron chi connectivity index (χ3n) is 4.06. The Morgan fingerprint density at radius 3 is 2.32 bits per heavy atom. The molecule has 2 aromatic carbocycles. The molecule has 0 radical (unpaired) electrons. The summed E-state index contributed by atoms with van der Waals surface area (Å²) < 4.78 is 40.4. The minimum atomic E-state index is -3.61. The predicted molar refractivity (Wildman–Crippen MR) is 83.3 cm³/mol. The highest BCUT2D eigenvalue weighted by Crippen LogP contribution is 2.35. The van der Waals surface area contributed by atoms with Crippen molar-refractivity contribution < 1.29 is 12.8 Å². The van der Waals surface area contributed by atoms with Gasteiger partial charge in [-0.15, -0.1) is 0 Å². The van der Waals surface area contributed by atoms with Gasteiger partial charge in [0.05, 0.1) is 10.9 Å². The molecule has 2 aromatic rings. The summed E-state index contributed by atoms with van der Waals surface area (Å²) in [4.78, 5) is 0.150. The molecule has 1 unspecified atom stereocenters. The summed E-state index contributed by atoms with van der Waals surface area (Å²) in [6.45, 7) is 0.499. The lowest BCUT2D eigenvalue weighted by Crippen LogP contribution is -2.38. The number of halogens is 1. The largest absolute Gasteiger partial charge is 0.243 e. The second-order valence-electron chi connectivity index (χ2n) is 5.49. The molecule has 0 amide bonds. The molecule has 1 atom stereocenters. The van der Waals surface area contributed by atoms with Gasteiger partial charge >= 0.3 is 0 Å². The van der Waals surface area contributed by atoms with Gasteiger partial charge in [0.2, 0.25) is 10.0 Å². The Morgan fingerprint density at radius 2 is 1.64 bits per heavy atom. The van der Waals surface area contributed by atoms with Crippen LogP contribution in [0.25, 0.3) is 0 Å². The fraction of sp³-hybridized carbons (Fsp3) is 0.294. The number of rotatable bonds is 3. The summed E-state index contributed by atoms with van der Waals surface area (Å²) in [7, 11) is -3.61. The Balaban J connectivity index is 1.98. The van der Waals surface area contributed by atoms with Crippen LogP contribution in [0.15, 0.2) is 59.5 Å². The van der Waals surface area contributed by atoms with E-state index in [1.165, 1.54) is 24.3 Å². The molecular weight excluding hydrogens is 301 g/mol. The maximum absolute atomic E-state index is 13.1. The van der Waals surface area contributed by atoms with Gasteiger partial charge in [0.25, 0.3) is 0 Å². The van der Waals surface area contributed by atoms with Gasteiger partial charge in [-0.2, -0.15) is 4.31 Å². The lowest BCUT2D eigenvalue weighted by atomic mass is 9.98. The molecule has 1 aliphatic rings. The molecule has 22 heavy (non-hydrogen) atoms. The van der Waals surface area contributed by atoms with Crippen LogP contribution in [0.5, 0.6) is 0 Å². The van der Waals surface area contributed by atoms with E-state index in [4.69, 9.17) is 0 Å². The molecule has 1 saturated heterocycles. The van der Waals surface area contributed by atoms with E-state index < -0.39 is 15.8 Å². The molecule has 0 bridgehead atoms. The molecule has 0 aromatic heterocycles. The molecule has 1 aliphatic heterocycles. The lowest BCUT2D eigenvalue weighted by Gasteiger charge is -2.35.